The molecule has 2 fully saturated rings. The number of anilines is 1. The Morgan fingerprint density at radius 1 is 1.15 bits per heavy atom. The van der Waals surface area contributed by atoms with E-state index < -0.39 is 12.0 Å². The van der Waals surface area contributed by atoms with Gasteiger partial charge in [0.05, 0.1) is 6.07 Å². The van der Waals surface area contributed by atoms with E-state index in [1.807, 2.05) is 4.90 Å². The van der Waals surface area contributed by atoms with Crippen molar-refractivity contribution in [2.24, 2.45) is 0 Å². The van der Waals surface area contributed by atoms with E-state index in [1.165, 1.54) is 0 Å². The van der Waals surface area contributed by atoms with Gasteiger partial charge >= 0.3 is 0 Å². The summed E-state index contributed by atoms with van der Waals surface area (Å²) in [6.07, 6.45) is 2.73. The summed E-state index contributed by atoms with van der Waals surface area (Å²) < 4.78 is 26.6. The molecule has 1 atom stereocenters. The van der Waals surface area contributed by atoms with Crippen LogP contribution in [0.5, 0.6) is 0 Å². The number of piperazine rings is 1. The number of carbonyl (C=O) groups excluding carboxylic acids is 1. The van der Waals surface area contributed by atoms with Gasteiger partial charge in [-0.1, -0.05) is 0 Å². The summed E-state index contributed by atoms with van der Waals surface area (Å²) in [5.74, 6) is -2.03. The van der Waals surface area contributed by atoms with Gasteiger partial charge < -0.3 is 9.80 Å². The zero-order valence-corrected chi connectivity index (χ0v) is 14.7. The number of rotatable bonds is 3. The Hall–Kier alpha value is -2.34. The third-order valence-electron chi connectivity index (χ3n) is 5.00. The fraction of sp³-hybridized carbons (Fsp3) is 0.647. The molecule has 0 N–H and O–H groups in total. The molecule has 1 amide bonds. The Morgan fingerprint density at radius 2 is 1.73 bits per heavy atom. The van der Waals surface area contributed by atoms with Gasteiger partial charge in [0.25, 0.3) is 5.92 Å². The maximum absolute atomic E-state index is 13.3. The van der Waals surface area contributed by atoms with E-state index >= 15 is 0 Å². The molecule has 2 saturated heterocycles. The summed E-state index contributed by atoms with van der Waals surface area (Å²) in [6, 6.07) is 1.56. The molecule has 1 unspecified atom stereocenters. The molecular weight excluding hydrogens is 342 g/mol. The van der Waals surface area contributed by atoms with E-state index in [4.69, 9.17) is 0 Å². The summed E-state index contributed by atoms with van der Waals surface area (Å²) in [6.45, 7) is 4.48. The van der Waals surface area contributed by atoms with Crippen molar-refractivity contribution in [2.75, 3.05) is 44.2 Å². The van der Waals surface area contributed by atoms with Crippen LogP contribution in [0.15, 0.2) is 12.4 Å². The molecule has 0 bridgehead atoms. The van der Waals surface area contributed by atoms with Gasteiger partial charge in [0.1, 0.15) is 6.04 Å². The molecule has 0 aliphatic carbocycles. The second kappa shape index (κ2) is 7.50. The monoisotopic (exact) mass is 364 g/mol. The second-order valence-corrected chi connectivity index (χ2v) is 6.73. The number of halogens is 2. The zero-order valence-electron chi connectivity index (χ0n) is 14.7. The number of piperidine rings is 1. The molecule has 0 radical (unpaired) electrons. The molecule has 1 aromatic rings. The van der Waals surface area contributed by atoms with Gasteiger partial charge in [-0.05, 0) is 0 Å². The minimum Gasteiger partial charge on any atom is -0.339 e. The van der Waals surface area contributed by atoms with Crippen LogP contribution in [0.25, 0.3) is 0 Å². The average Bonchev–Trinajstić information content (AvgIpc) is 2.64. The minimum absolute atomic E-state index is 0.0601. The molecule has 7 nitrogen and oxygen atoms in total. The number of carbonyl (C=O) groups is 1. The molecule has 26 heavy (non-hydrogen) atoms. The molecule has 3 heterocycles. The predicted octanol–water partition coefficient (Wildman–Crippen LogP) is 1.44. The Kier molecular flexibility index (Phi) is 5.32. The highest BCUT2D eigenvalue weighted by Gasteiger charge is 2.36. The summed E-state index contributed by atoms with van der Waals surface area (Å²) in [4.78, 5) is 25.6. The van der Waals surface area contributed by atoms with Crippen LogP contribution in [0.2, 0.25) is 0 Å². The first-order valence-corrected chi connectivity index (χ1v) is 8.73. The molecule has 2 aliphatic heterocycles. The van der Waals surface area contributed by atoms with Crippen LogP contribution in [0.4, 0.5) is 14.7 Å². The first kappa shape index (κ1) is 18.5. The summed E-state index contributed by atoms with van der Waals surface area (Å²) in [5.41, 5.74) is 0.615. The molecule has 140 valence electrons. The van der Waals surface area contributed by atoms with E-state index in [1.54, 1.807) is 29.1 Å². The fourth-order valence-electron chi connectivity index (χ4n) is 3.33. The second-order valence-electron chi connectivity index (χ2n) is 6.73. The lowest BCUT2D eigenvalue weighted by Gasteiger charge is -2.35. The standard InChI is InChI=1S/C17H22F2N6O/c1-13(26)23-6-8-25(9-7-23)16-21-11-14(12-22-16)15(10-20)24-4-2-17(18,19)3-5-24/h11-12,15H,2-9H2,1H3. The predicted molar refractivity (Wildman–Crippen MR) is 90.6 cm³/mol. The minimum atomic E-state index is -2.64. The van der Waals surface area contributed by atoms with Crippen molar-refractivity contribution < 1.29 is 13.6 Å². The van der Waals surface area contributed by atoms with Crippen LogP contribution in [0.1, 0.15) is 31.4 Å². The molecule has 0 spiro atoms. The highest BCUT2D eigenvalue weighted by Crippen LogP contribution is 2.32. The van der Waals surface area contributed by atoms with Gasteiger partial charge in [-0.2, -0.15) is 5.26 Å². The molecule has 3 rings (SSSR count). The average molecular weight is 364 g/mol. The third kappa shape index (κ3) is 4.07. The summed E-state index contributed by atoms with van der Waals surface area (Å²) in [7, 11) is 0. The lowest BCUT2D eigenvalue weighted by Crippen LogP contribution is -2.48. The van der Waals surface area contributed by atoms with Crippen molar-refractivity contribution in [2.45, 2.75) is 31.7 Å². The molecule has 9 heteroatoms. The Morgan fingerprint density at radius 3 is 2.23 bits per heavy atom. The van der Waals surface area contributed by atoms with Crippen LogP contribution >= 0.6 is 0 Å². The van der Waals surface area contributed by atoms with Crippen molar-refractivity contribution in [3.05, 3.63) is 18.0 Å². The van der Waals surface area contributed by atoms with Crippen LogP contribution in [-0.4, -0.2) is 70.9 Å². The van der Waals surface area contributed by atoms with E-state index in [-0.39, 0.29) is 31.8 Å². The van der Waals surface area contributed by atoms with Crippen molar-refractivity contribution in [3.63, 3.8) is 0 Å². The highest BCUT2D eigenvalue weighted by atomic mass is 19.3. The van der Waals surface area contributed by atoms with Crippen LogP contribution in [0.3, 0.4) is 0 Å². The Bertz CT molecular complexity index is 671. The lowest BCUT2D eigenvalue weighted by atomic mass is 10.0. The first-order chi connectivity index (χ1) is 12.4. The number of amides is 1. The normalized spacial score (nSPS) is 21.9. The van der Waals surface area contributed by atoms with Gasteiger partial charge in [0.15, 0.2) is 0 Å². The smallest absolute Gasteiger partial charge is 0.250 e. The van der Waals surface area contributed by atoms with Gasteiger partial charge in [-0.3, -0.25) is 9.69 Å². The molecule has 1 aromatic heterocycles. The molecule has 0 saturated carbocycles. The van der Waals surface area contributed by atoms with E-state index in [9.17, 15) is 18.8 Å². The fourth-order valence-corrected chi connectivity index (χ4v) is 3.33. The van der Waals surface area contributed by atoms with Crippen molar-refractivity contribution >= 4 is 11.9 Å². The first-order valence-electron chi connectivity index (χ1n) is 8.73. The van der Waals surface area contributed by atoms with Gasteiger partial charge in [-0.25, -0.2) is 18.7 Å². The van der Waals surface area contributed by atoms with Gasteiger partial charge in [-0.15, -0.1) is 0 Å². The topological polar surface area (TPSA) is 76.4 Å². The SMILES string of the molecule is CC(=O)N1CCN(c2ncc(C(C#N)N3CCC(F)(F)CC3)cn2)CC1. The highest BCUT2D eigenvalue weighted by molar-refractivity contribution is 5.73. The summed E-state index contributed by atoms with van der Waals surface area (Å²) in [5, 5.41) is 9.48. The van der Waals surface area contributed by atoms with E-state index in [2.05, 4.69) is 16.0 Å². The van der Waals surface area contributed by atoms with Crippen molar-refractivity contribution in [1.29, 1.82) is 5.26 Å². The van der Waals surface area contributed by atoms with E-state index in [0.717, 1.165) is 0 Å². The number of aromatic nitrogens is 2. The van der Waals surface area contributed by atoms with E-state index in [0.29, 0.717) is 37.7 Å². The van der Waals surface area contributed by atoms with Gasteiger partial charge in [0.2, 0.25) is 11.9 Å². The van der Waals surface area contributed by atoms with Crippen molar-refractivity contribution in [3.8, 4) is 6.07 Å². The van der Waals surface area contributed by atoms with Crippen LogP contribution in [0, 0.1) is 11.3 Å². The molecular formula is C17H22F2N6O. The zero-order chi connectivity index (χ0) is 18.7. The maximum atomic E-state index is 13.3. The quantitative estimate of drug-likeness (QED) is 0.808. The summed E-state index contributed by atoms with van der Waals surface area (Å²) >= 11 is 0. The number of alkyl halides is 2. The number of nitrogens with zero attached hydrogens (tertiary/aromatic N) is 6. The lowest BCUT2D eigenvalue weighted by molar-refractivity contribution is -0.129. The van der Waals surface area contributed by atoms with Crippen LogP contribution in [-0.2, 0) is 4.79 Å². The number of hydrogen-bond acceptors (Lipinski definition) is 6. The van der Waals surface area contributed by atoms with Crippen LogP contribution < -0.4 is 4.90 Å². The number of hydrogen-bond donors (Lipinski definition) is 0. The largest absolute Gasteiger partial charge is 0.339 e. The van der Waals surface area contributed by atoms with Gasteiger partial charge in [0, 0.05) is 77.0 Å². The Balaban J connectivity index is 1.63. The number of likely N-dealkylation sites (tertiary alicyclic amines) is 1. The third-order valence-corrected chi connectivity index (χ3v) is 5.00. The molecule has 0 aromatic carbocycles. The Labute approximate surface area is 151 Å². The maximum Gasteiger partial charge on any atom is 0.250 e. The van der Waals surface area contributed by atoms with Crippen molar-refractivity contribution in [1.82, 2.24) is 19.8 Å². The molecule has 2 aliphatic rings. The number of nitriles is 1.